The molecule has 0 spiro atoms. The SMILES string of the molecule is C[C@@H]1CN(c2ccc(C#N)c3ncccc23)C[C@H](CN2CCC(NS(=O)(=O)c3ccc(F)cc3)CC2)O1. The molecule has 8 nitrogen and oxygen atoms in total. The van der Waals surface area contributed by atoms with Crippen LogP contribution in [0.15, 0.2) is 59.6 Å². The summed E-state index contributed by atoms with van der Waals surface area (Å²) in [5.74, 6) is -0.464. The van der Waals surface area contributed by atoms with Crippen molar-refractivity contribution in [3.63, 3.8) is 0 Å². The molecule has 3 aromatic rings. The fourth-order valence-corrected chi connectivity index (χ4v) is 6.59. The van der Waals surface area contributed by atoms with E-state index < -0.39 is 15.8 Å². The summed E-state index contributed by atoms with van der Waals surface area (Å²) in [6.07, 6.45) is 3.14. The zero-order valence-corrected chi connectivity index (χ0v) is 21.5. The van der Waals surface area contributed by atoms with Crippen molar-refractivity contribution >= 4 is 26.6 Å². The minimum absolute atomic E-state index is 0.00132. The van der Waals surface area contributed by atoms with Crippen LogP contribution in [0.2, 0.25) is 0 Å². The van der Waals surface area contributed by atoms with E-state index in [2.05, 4.69) is 32.5 Å². The average Bonchev–Trinajstić information content (AvgIpc) is 2.89. The number of likely N-dealkylation sites (tertiary alicyclic amines) is 1. The smallest absolute Gasteiger partial charge is 0.240 e. The Bertz CT molecular complexity index is 1400. The van der Waals surface area contributed by atoms with Crippen LogP contribution < -0.4 is 9.62 Å². The van der Waals surface area contributed by atoms with Gasteiger partial charge in [0, 0.05) is 42.9 Å². The van der Waals surface area contributed by atoms with Gasteiger partial charge in [0.2, 0.25) is 10.0 Å². The Morgan fingerprint density at radius 2 is 1.89 bits per heavy atom. The van der Waals surface area contributed by atoms with Crippen molar-refractivity contribution in [3.8, 4) is 6.07 Å². The largest absolute Gasteiger partial charge is 0.370 e. The van der Waals surface area contributed by atoms with Gasteiger partial charge in [-0.2, -0.15) is 5.26 Å². The van der Waals surface area contributed by atoms with Gasteiger partial charge < -0.3 is 14.5 Å². The number of ether oxygens (including phenoxy) is 1. The Labute approximate surface area is 216 Å². The van der Waals surface area contributed by atoms with Crippen LogP contribution in [0.5, 0.6) is 0 Å². The summed E-state index contributed by atoms with van der Waals surface area (Å²) in [4.78, 5) is 9.15. The molecule has 0 saturated carbocycles. The monoisotopic (exact) mass is 523 g/mol. The topological polar surface area (TPSA) is 98.6 Å². The maximum atomic E-state index is 13.2. The van der Waals surface area contributed by atoms with Gasteiger partial charge >= 0.3 is 0 Å². The summed E-state index contributed by atoms with van der Waals surface area (Å²) in [7, 11) is -3.68. The molecule has 0 amide bonds. The molecule has 0 aliphatic carbocycles. The fraction of sp³-hybridized carbons (Fsp3) is 0.407. The number of fused-ring (bicyclic) bond motifs is 1. The molecule has 10 heteroatoms. The van der Waals surface area contributed by atoms with Crippen molar-refractivity contribution in [2.45, 2.75) is 42.9 Å². The number of halogens is 1. The molecule has 1 aromatic heterocycles. The number of hydrogen-bond donors (Lipinski definition) is 1. The number of sulfonamides is 1. The average molecular weight is 524 g/mol. The molecule has 5 rings (SSSR count). The maximum absolute atomic E-state index is 13.2. The van der Waals surface area contributed by atoms with Crippen LogP contribution in [0.4, 0.5) is 10.1 Å². The number of anilines is 1. The van der Waals surface area contributed by atoms with E-state index in [-0.39, 0.29) is 23.1 Å². The van der Waals surface area contributed by atoms with Gasteiger partial charge in [0.25, 0.3) is 0 Å². The normalized spacial score (nSPS) is 21.7. The van der Waals surface area contributed by atoms with Crippen LogP contribution in [0, 0.1) is 17.1 Å². The molecule has 2 aliphatic heterocycles. The molecule has 2 aliphatic rings. The highest BCUT2D eigenvalue weighted by Crippen LogP contribution is 2.30. The highest BCUT2D eigenvalue weighted by Gasteiger charge is 2.30. The number of rotatable bonds is 6. The second kappa shape index (κ2) is 10.7. The Balaban J connectivity index is 1.20. The summed E-state index contributed by atoms with van der Waals surface area (Å²) in [5, 5.41) is 10.4. The first-order chi connectivity index (χ1) is 17.8. The van der Waals surface area contributed by atoms with E-state index in [1.165, 1.54) is 12.1 Å². The summed E-state index contributed by atoms with van der Waals surface area (Å²) in [5.41, 5.74) is 2.33. The number of hydrogen-bond acceptors (Lipinski definition) is 7. The third kappa shape index (κ3) is 5.75. The van der Waals surface area contributed by atoms with Gasteiger partial charge in [-0.05, 0) is 81.4 Å². The molecular weight excluding hydrogens is 493 g/mol. The predicted molar refractivity (Wildman–Crippen MR) is 139 cm³/mol. The summed E-state index contributed by atoms with van der Waals surface area (Å²) in [6, 6.07) is 14.7. The van der Waals surface area contributed by atoms with Gasteiger partial charge in [0.1, 0.15) is 11.9 Å². The van der Waals surface area contributed by atoms with Crippen LogP contribution in [0.1, 0.15) is 25.3 Å². The number of morpholine rings is 1. The Kier molecular flexibility index (Phi) is 7.40. The number of benzene rings is 2. The van der Waals surface area contributed by atoms with Gasteiger partial charge in [-0.15, -0.1) is 0 Å². The molecule has 0 radical (unpaired) electrons. The first kappa shape index (κ1) is 25.5. The van der Waals surface area contributed by atoms with E-state index >= 15 is 0 Å². The maximum Gasteiger partial charge on any atom is 0.240 e. The van der Waals surface area contributed by atoms with Crippen molar-refractivity contribution in [1.29, 1.82) is 5.26 Å². The number of nitrogens with zero attached hydrogens (tertiary/aromatic N) is 4. The molecule has 3 heterocycles. The van der Waals surface area contributed by atoms with Crippen LogP contribution in [0.25, 0.3) is 10.9 Å². The third-order valence-corrected chi connectivity index (χ3v) is 8.57. The highest BCUT2D eigenvalue weighted by molar-refractivity contribution is 7.89. The number of nitrogens with one attached hydrogen (secondary N) is 1. The lowest BCUT2D eigenvalue weighted by Crippen LogP contribution is -2.53. The van der Waals surface area contributed by atoms with E-state index in [0.29, 0.717) is 23.9 Å². The van der Waals surface area contributed by atoms with Crippen LogP contribution in [-0.4, -0.2) is 69.3 Å². The van der Waals surface area contributed by atoms with Gasteiger partial charge in [0.15, 0.2) is 0 Å². The Morgan fingerprint density at radius 1 is 1.14 bits per heavy atom. The van der Waals surface area contributed by atoms with Gasteiger partial charge in [-0.25, -0.2) is 17.5 Å². The van der Waals surface area contributed by atoms with Crippen molar-refractivity contribution < 1.29 is 17.5 Å². The molecule has 37 heavy (non-hydrogen) atoms. The third-order valence-electron chi connectivity index (χ3n) is 7.03. The Morgan fingerprint density at radius 3 is 2.62 bits per heavy atom. The van der Waals surface area contributed by atoms with E-state index in [1.807, 2.05) is 24.3 Å². The first-order valence-electron chi connectivity index (χ1n) is 12.5. The van der Waals surface area contributed by atoms with E-state index in [0.717, 1.165) is 55.9 Å². The van der Waals surface area contributed by atoms with E-state index in [4.69, 9.17) is 4.74 Å². The molecule has 2 fully saturated rings. The van der Waals surface area contributed by atoms with Gasteiger partial charge in [0.05, 0.1) is 28.2 Å². The minimum atomic E-state index is -3.68. The standard InChI is InChI=1S/C27H30FN5O3S/c1-19-16-33(26-9-4-20(15-29)27-25(26)3-2-12-30-27)18-23(36-19)17-32-13-10-22(11-14-32)31-37(34,35)24-7-5-21(28)6-8-24/h2-9,12,19,22-23,31H,10-11,13-14,16-18H2,1H3/t19-,23+/m1/s1. The number of pyridine rings is 1. The summed E-state index contributed by atoms with van der Waals surface area (Å²) >= 11 is 0. The van der Waals surface area contributed by atoms with Crippen LogP contribution in [-0.2, 0) is 14.8 Å². The minimum Gasteiger partial charge on any atom is -0.370 e. The molecule has 194 valence electrons. The molecular formula is C27H30FN5O3S. The molecule has 2 atom stereocenters. The lowest BCUT2D eigenvalue weighted by molar-refractivity contribution is -0.0350. The first-order valence-corrected chi connectivity index (χ1v) is 14.0. The van der Waals surface area contributed by atoms with Crippen molar-refractivity contribution in [2.75, 3.05) is 37.6 Å². The molecule has 0 unspecified atom stereocenters. The highest BCUT2D eigenvalue weighted by atomic mass is 32.2. The predicted octanol–water partition coefficient (Wildman–Crippen LogP) is 3.28. The molecule has 1 N–H and O–H groups in total. The number of piperidine rings is 1. The summed E-state index contributed by atoms with van der Waals surface area (Å²) in [6.45, 7) is 5.81. The second-order valence-electron chi connectivity index (χ2n) is 9.77. The number of aromatic nitrogens is 1. The molecule has 0 bridgehead atoms. The molecule has 2 aromatic carbocycles. The lowest BCUT2D eigenvalue weighted by Gasteiger charge is -2.41. The quantitative estimate of drug-likeness (QED) is 0.529. The molecule has 2 saturated heterocycles. The van der Waals surface area contributed by atoms with Gasteiger partial charge in [-0.3, -0.25) is 4.98 Å². The second-order valence-corrected chi connectivity index (χ2v) is 11.5. The van der Waals surface area contributed by atoms with E-state index in [1.54, 1.807) is 6.20 Å². The fourth-order valence-electron chi connectivity index (χ4n) is 5.29. The van der Waals surface area contributed by atoms with Crippen molar-refractivity contribution in [2.24, 2.45) is 0 Å². The zero-order valence-electron chi connectivity index (χ0n) is 20.7. The van der Waals surface area contributed by atoms with Crippen LogP contribution in [0.3, 0.4) is 0 Å². The summed E-state index contributed by atoms with van der Waals surface area (Å²) < 4.78 is 47.5. The zero-order chi connectivity index (χ0) is 26.0. The number of nitriles is 1. The van der Waals surface area contributed by atoms with Gasteiger partial charge in [-0.1, -0.05) is 0 Å². The van der Waals surface area contributed by atoms with E-state index in [9.17, 15) is 18.1 Å². The van der Waals surface area contributed by atoms with Crippen LogP contribution >= 0.6 is 0 Å². The lowest BCUT2D eigenvalue weighted by atomic mass is 10.0. The Hall–Kier alpha value is -3.10. The van der Waals surface area contributed by atoms with Crippen molar-refractivity contribution in [3.05, 3.63) is 66.1 Å². The van der Waals surface area contributed by atoms with Crippen molar-refractivity contribution in [1.82, 2.24) is 14.6 Å².